The Morgan fingerprint density at radius 3 is 2.90 bits per heavy atom. The number of pyridine rings is 1. The zero-order chi connectivity index (χ0) is 15.1. The molecule has 0 spiro atoms. The van der Waals surface area contributed by atoms with Gasteiger partial charge in [-0.05, 0) is 37.4 Å². The normalized spacial score (nSPS) is 21.0. The predicted molar refractivity (Wildman–Crippen MR) is 77.3 cm³/mol. The number of carbonyl (C=O) groups is 2. The molecule has 1 heterocycles. The highest BCUT2D eigenvalue weighted by Gasteiger charge is 2.32. The zero-order valence-electron chi connectivity index (χ0n) is 11.7. The summed E-state index contributed by atoms with van der Waals surface area (Å²) in [5, 5.41) is 12.1. The van der Waals surface area contributed by atoms with Crippen LogP contribution in [0.3, 0.4) is 0 Å². The lowest BCUT2D eigenvalue weighted by Gasteiger charge is -2.16. The van der Waals surface area contributed by atoms with Gasteiger partial charge >= 0.3 is 5.97 Å². The zero-order valence-corrected chi connectivity index (χ0v) is 11.7. The van der Waals surface area contributed by atoms with Crippen LogP contribution in [-0.2, 0) is 9.59 Å². The van der Waals surface area contributed by atoms with Gasteiger partial charge in [-0.25, -0.2) is 4.98 Å². The van der Waals surface area contributed by atoms with Gasteiger partial charge in [0.25, 0.3) is 5.91 Å². The van der Waals surface area contributed by atoms with Gasteiger partial charge in [-0.2, -0.15) is 0 Å². The second-order valence-electron chi connectivity index (χ2n) is 5.15. The monoisotopic (exact) mass is 292 g/mol. The van der Waals surface area contributed by atoms with Crippen molar-refractivity contribution in [2.45, 2.75) is 19.3 Å². The average Bonchev–Trinajstić information content (AvgIpc) is 2.95. The molecule has 1 aromatic rings. The highest BCUT2D eigenvalue weighted by atomic mass is 16.4. The van der Waals surface area contributed by atoms with E-state index in [0.29, 0.717) is 12.4 Å². The van der Waals surface area contributed by atoms with Gasteiger partial charge in [-0.1, -0.05) is 12.5 Å². The van der Waals surface area contributed by atoms with Crippen molar-refractivity contribution in [2.75, 3.05) is 18.5 Å². The van der Waals surface area contributed by atoms with E-state index in [1.165, 1.54) is 0 Å². The van der Waals surface area contributed by atoms with E-state index < -0.39 is 5.97 Å². The number of amides is 1. The van der Waals surface area contributed by atoms with Gasteiger partial charge in [0, 0.05) is 6.20 Å². The molecule has 2 rings (SSSR count). The molecule has 0 aromatic carbocycles. The molecule has 114 valence electrons. The van der Waals surface area contributed by atoms with Crippen LogP contribution in [0.15, 0.2) is 24.4 Å². The Balaban J connectivity index is 1.64. The van der Waals surface area contributed by atoms with Crippen molar-refractivity contribution in [3.05, 3.63) is 24.4 Å². The second kappa shape index (κ2) is 7.58. The summed E-state index contributed by atoms with van der Waals surface area (Å²) in [7, 11) is 0. The first-order chi connectivity index (χ1) is 10.2. The average molecular weight is 292 g/mol. The third-order valence-corrected chi connectivity index (χ3v) is 3.66. The molecular weight excluding hydrogens is 272 g/mol. The van der Waals surface area contributed by atoms with E-state index in [1.807, 2.05) is 6.07 Å². The van der Waals surface area contributed by atoms with Gasteiger partial charge in [0.05, 0.1) is 12.5 Å². The van der Waals surface area contributed by atoms with Gasteiger partial charge in [-0.15, -0.1) is 0 Å². The number of hydrogen-bond acceptors (Lipinski definition) is 5. The highest BCUT2D eigenvalue weighted by Crippen LogP contribution is 2.31. The van der Waals surface area contributed by atoms with Crippen LogP contribution in [0.5, 0.6) is 0 Å². The molecule has 1 aliphatic carbocycles. The number of aromatic nitrogens is 1. The van der Waals surface area contributed by atoms with Gasteiger partial charge in [0.1, 0.15) is 5.82 Å². The first-order valence-electron chi connectivity index (χ1n) is 7.06. The van der Waals surface area contributed by atoms with E-state index in [4.69, 9.17) is 5.11 Å². The Hall–Kier alpha value is -2.15. The minimum absolute atomic E-state index is 0.110. The smallest absolute Gasteiger partial charge is 0.306 e. The third kappa shape index (κ3) is 4.71. The minimum Gasteiger partial charge on any atom is -0.481 e. The molecule has 1 fully saturated rings. The summed E-state index contributed by atoms with van der Waals surface area (Å²) in [5.74, 6) is -0.565. The molecule has 4 N–H and O–H groups in total. The number of anilines is 1. The molecule has 0 radical (unpaired) electrons. The number of carboxylic acids is 1. The van der Waals surface area contributed by atoms with Crippen molar-refractivity contribution >= 4 is 17.7 Å². The summed E-state index contributed by atoms with van der Waals surface area (Å²) in [5.41, 5.74) is 5.23. The molecule has 7 nitrogen and oxygen atoms in total. The van der Waals surface area contributed by atoms with Crippen LogP contribution >= 0.6 is 0 Å². The Kier molecular flexibility index (Phi) is 5.51. The van der Waals surface area contributed by atoms with E-state index in [0.717, 1.165) is 19.3 Å². The van der Waals surface area contributed by atoms with Crippen molar-refractivity contribution < 1.29 is 14.7 Å². The van der Waals surface area contributed by atoms with Crippen LogP contribution in [0.1, 0.15) is 19.3 Å². The van der Waals surface area contributed by atoms with Crippen LogP contribution in [0.25, 0.3) is 0 Å². The molecule has 21 heavy (non-hydrogen) atoms. The maximum atomic E-state index is 11.6. The predicted octanol–water partition coefficient (Wildman–Crippen LogP) is 0.615. The first kappa shape index (κ1) is 15.2. The molecule has 0 bridgehead atoms. The van der Waals surface area contributed by atoms with E-state index >= 15 is 0 Å². The van der Waals surface area contributed by atoms with Crippen molar-refractivity contribution in [3.63, 3.8) is 0 Å². The molecule has 1 aromatic heterocycles. The van der Waals surface area contributed by atoms with E-state index in [-0.39, 0.29) is 24.3 Å². The number of nitrogens with zero attached hydrogens (tertiary/aromatic N) is 1. The molecule has 0 saturated heterocycles. The number of rotatable bonds is 7. The Morgan fingerprint density at radius 1 is 1.33 bits per heavy atom. The van der Waals surface area contributed by atoms with E-state index in [9.17, 15) is 9.59 Å². The number of hydrazine groups is 1. The number of nitrogens with one attached hydrogen (secondary N) is 3. The lowest BCUT2D eigenvalue weighted by atomic mass is 9.96. The van der Waals surface area contributed by atoms with Crippen LogP contribution in [0.4, 0.5) is 5.82 Å². The van der Waals surface area contributed by atoms with Crippen LogP contribution in [-0.4, -0.2) is 35.1 Å². The molecule has 1 aliphatic rings. The Labute approximate surface area is 123 Å². The second-order valence-corrected chi connectivity index (χ2v) is 5.15. The summed E-state index contributed by atoms with van der Waals surface area (Å²) in [6.45, 7) is 0.691. The SMILES string of the molecule is O=C(CNCC1CCCC1C(=O)O)NNc1ccccn1. The molecule has 7 heteroatoms. The topological polar surface area (TPSA) is 103 Å². The first-order valence-corrected chi connectivity index (χ1v) is 7.06. The molecular formula is C14H20N4O3. The fourth-order valence-electron chi connectivity index (χ4n) is 2.59. The minimum atomic E-state index is -0.736. The van der Waals surface area contributed by atoms with Crippen molar-refractivity contribution in [1.82, 2.24) is 15.7 Å². The Morgan fingerprint density at radius 2 is 2.19 bits per heavy atom. The number of carbonyl (C=O) groups excluding carboxylic acids is 1. The van der Waals surface area contributed by atoms with Gasteiger partial charge in [0.2, 0.25) is 0 Å². The lowest BCUT2D eigenvalue weighted by Crippen LogP contribution is -2.39. The molecule has 0 aliphatic heterocycles. The quantitative estimate of drug-likeness (QED) is 0.549. The summed E-state index contributed by atoms with van der Waals surface area (Å²) in [6.07, 6.45) is 4.20. The molecule has 2 unspecified atom stereocenters. The standard InChI is InChI=1S/C14H20N4O3/c19-13(18-17-12-6-1-2-7-16-12)9-15-8-10-4-3-5-11(10)14(20)21/h1-2,6-7,10-11,15H,3-5,8-9H2,(H,16,17)(H,18,19)(H,20,21). The van der Waals surface area contributed by atoms with Gasteiger partial charge in [0.15, 0.2) is 0 Å². The summed E-state index contributed by atoms with van der Waals surface area (Å²) < 4.78 is 0. The number of hydrogen-bond donors (Lipinski definition) is 4. The maximum Gasteiger partial charge on any atom is 0.306 e. The summed E-state index contributed by atoms with van der Waals surface area (Å²) in [6, 6.07) is 5.34. The number of carboxylic acid groups (broad SMARTS) is 1. The third-order valence-electron chi connectivity index (χ3n) is 3.66. The van der Waals surface area contributed by atoms with E-state index in [1.54, 1.807) is 18.3 Å². The molecule has 2 atom stereocenters. The van der Waals surface area contributed by atoms with Crippen molar-refractivity contribution in [3.8, 4) is 0 Å². The largest absolute Gasteiger partial charge is 0.481 e. The Bertz CT molecular complexity index is 480. The highest BCUT2D eigenvalue weighted by molar-refractivity contribution is 5.79. The molecule has 1 saturated carbocycles. The maximum absolute atomic E-state index is 11.6. The lowest BCUT2D eigenvalue weighted by molar-refractivity contribution is -0.142. The van der Waals surface area contributed by atoms with E-state index in [2.05, 4.69) is 21.2 Å². The fraction of sp³-hybridized carbons (Fsp3) is 0.500. The van der Waals surface area contributed by atoms with Crippen LogP contribution in [0, 0.1) is 11.8 Å². The van der Waals surface area contributed by atoms with Crippen molar-refractivity contribution in [1.29, 1.82) is 0 Å². The summed E-state index contributed by atoms with van der Waals surface area (Å²) in [4.78, 5) is 26.7. The van der Waals surface area contributed by atoms with Gasteiger partial charge in [-0.3, -0.25) is 20.4 Å². The van der Waals surface area contributed by atoms with Crippen LogP contribution in [0.2, 0.25) is 0 Å². The number of aliphatic carboxylic acids is 1. The van der Waals surface area contributed by atoms with Crippen LogP contribution < -0.4 is 16.2 Å². The van der Waals surface area contributed by atoms with Crippen molar-refractivity contribution in [2.24, 2.45) is 11.8 Å². The summed E-state index contributed by atoms with van der Waals surface area (Å²) >= 11 is 0. The molecule has 1 amide bonds. The fourth-order valence-corrected chi connectivity index (χ4v) is 2.59. The van der Waals surface area contributed by atoms with Gasteiger partial charge < -0.3 is 10.4 Å².